The molecule has 2 saturated heterocycles. The van der Waals surface area contributed by atoms with Crippen LogP contribution in [-0.2, 0) is 4.79 Å². The van der Waals surface area contributed by atoms with Crippen LogP contribution in [0.4, 0.5) is 0 Å². The topological polar surface area (TPSA) is 62.7 Å². The largest absolute Gasteiger partial charge is 0.497 e. The van der Waals surface area contributed by atoms with E-state index in [-0.39, 0.29) is 29.8 Å². The van der Waals surface area contributed by atoms with Gasteiger partial charge in [0, 0.05) is 32.1 Å². The summed E-state index contributed by atoms with van der Waals surface area (Å²) in [6.07, 6.45) is 3.45. The summed E-state index contributed by atoms with van der Waals surface area (Å²) in [4.78, 5) is 33.7. The Morgan fingerprint density at radius 3 is 2.54 bits per heavy atom. The third-order valence-corrected chi connectivity index (χ3v) is 5.95. The standard InChI is InChI=1S/C22H25N3O3/c1-15(26)24-13-5-7-20-21(24)18(16-8-10-17(28-2)11-9-16)14-25(20)22(27)19-6-3-4-12-23-19/h3-4,6,8-12,18,20-21H,5,7,13-14H2,1-2H3/t18-,20-,21-/m1/s1. The Hall–Kier alpha value is -2.89. The molecular formula is C22H25N3O3. The normalized spacial score (nSPS) is 24.0. The van der Waals surface area contributed by atoms with Gasteiger partial charge in [-0.25, -0.2) is 0 Å². The Morgan fingerprint density at radius 1 is 1.11 bits per heavy atom. The number of methoxy groups -OCH3 is 1. The van der Waals surface area contributed by atoms with Crippen LogP contribution in [-0.4, -0.2) is 58.9 Å². The van der Waals surface area contributed by atoms with Crippen LogP contribution >= 0.6 is 0 Å². The van der Waals surface area contributed by atoms with Crippen molar-refractivity contribution in [1.29, 1.82) is 0 Å². The molecule has 0 N–H and O–H groups in total. The maximum atomic E-state index is 13.2. The van der Waals surface area contributed by atoms with Gasteiger partial charge in [-0.3, -0.25) is 14.6 Å². The van der Waals surface area contributed by atoms with Gasteiger partial charge in [-0.05, 0) is 42.7 Å². The first kappa shape index (κ1) is 18.5. The second kappa shape index (κ2) is 7.62. The van der Waals surface area contributed by atoms with Gasteiger partial charge in [-0.2, -0.15) is 0 Å². The molecule has 0 radical (unpaired) electrons. The first-order chi connectivity index (χ1) is 13.6. The Morgan fingerprint density at radius 2 is 1.89 bits per heavy atom. The molecule has 0 spiro atoms. The van der Waals surface area contributed by atoms with Crippen LogP contribution < -0.4 is 4.74 Å². The lowest BCUT2D eigenvalue weighted by Crippen LogP contribution is -2.53. The van der Waals surface area contributed by atoms with Crippen molar-refractivity contribution in [2.75, 3.05) is 20.2 Å². The van der Waals surface area contributed by atoms with Crippen LogP contribution in [0.25, 0.3) is 0 Å². The van der Waals surface area contributed by atoms with Gasteiger partial charge in [0.25, 0.3) is 5.91 Å². The molecule has 2 fully saturated rings. The van der Waals surface area contributed by atoms with Gasteiger partial charge in [0.2, 0.25) is 5.91 Å². The number of nitrogens with zero attached hydrogens (tertiary/aromatic N) is 3. The number of fused-ring (bicyclic) bond motifs is 1. The summed E-state index contributed by atoms with van der Waals surface area (Å²) in [7, 11) is 1.65. The summed E-state index contributed by atoms with van der Waals surface area (Å²) in [5.74, 6) is 0.886. The number of amides is 2. The maximum Gasteiger partial charge on any atom is 0.272 e. The van der Waals surface area contributed by atoms with Crippen LogP contribution in [0.15, 0.2) is 48.7 Å². The Labute approximate surface area is 165 Å². The molecule has 3 atom stereocenters. The lowest BCUT2D eigenvalue weighted by Gasteiger charge is -2.41. The highest BCUT2D eigenvalue weighted by atomic mass is 16.5. The lowest BCUT2D eigenvalue weighted by molar-refractivity contribution is -0.133. The zero-order valence-corrected chi connectivity index (χ0v) is 16.2. The van der Waals surface area contributed by atoms with E-state index in [2.05, 4.69) is 4.98 Å². The maximum absolute atomic E-state index is 13.2. The summed E-state index contributed by atoms with van der Waals surface area (Å²) in [6, 6.07) is 13.4. The zero-order valence-electron chi connectivity index (χ0n) is 16.2. The SMILES string of the molecule is COc1ccc([C@H]2CN(C(=O)c3ccccn3)[C@@H]3CCCN(C(C)=O)[C@H]23)cc1. The van der Waals surface area contributed by atoms with Gasteiger partial charge >= 0.3 is 0 Å². The predicted molar refractivity (Wildman–Crippen MR) is 105 cm³/mol. The minimum absolute atomic E-state index is 0.00712. The Bertz CT molecular complexity index is 853. The van der Waals surface area contributed by atoms with Crippen molar-refractivity contribution < 1.29 is 14.3 Å². The van der Waals surface area contributed by atoms with Crippen LogP contribution in [0.2, 0.25) is 0 Å². The average Bonchev–Trinajstić information content (AvgIpc) is 3.13. The zero-order chi connectivity index (χ0) is 19.7. The van der Waals surface area contributed by atoms with Crippen molar-refractivity contribution in [1.82, 2.24) is 14.8 Å². The number of likely N-dealkylation sites (tertiary alicyclic amines) is 2. The summed E-state index contributed by atoms with van der Waals surface area (Å²) >= 11 is 0. The molecule has 3 heterocycles. The molecule has 0 unspecified atom stereocenters. The van der Waals surface area contributed by atoms with E-state index in [0.717, 1.165) is 30.7 Å². The van der Waals surface area contributed by atoms with Crippen molar-refractivity contribution >= 4 is 11.8 Å². The van der Waals surface area contributed by atoms with E-state index in [1.165, 1.54) is 0 Å². The molecule has 6 heteroatoms. The molecule has 2 aliphatic rings. The van der Waals surface area contributed by atoms with Gasteiger partial charge in [0.15, 0.2) is 0 Å². The second-order valence-electron chi connectivity index (χ2n) is 7.46. The fraction of sp³-hybridized carbons (Fsp3) is 0.409. The van der Waals surface area contributed by atoms with Gasteiger partial charge < -0.3 is 14.5 Å². The first-order valence-corrected chi connectivity index (χ1v) is 9.73. The summed E-state index contributed by atoms with van der Waals surface area (Å²) in [5, 5.41) is 0. The predicted octanol–water partition coefficient (Wildman–Crippen LogP) is 2.71. The molecule has 0 bridgehead atoms. The lowest BCUT2D eigenvalue weighted by atomic mass is 9.86. The van der Waals surface area contributed by atoms with Crippen molar-refractivity contribution in [2.45, 2.75) is 37.8 Å². The monoisotopic (exact) mass is 379 g/mol. The molecule has 28 heavy (non-hydrogen) atoms. The number of carbonyl (C=O) groups excluding carboxylic acids is 2. The van der Waals surface area contributed by atoms with Crippen molar-refractivity contribution in [3.63, 3.8) is 0 Å². The number of piperidine rings is 1. The van der Waals surface area contributed by atoms with Gasteiger partial charge in [0.05, 0.1) is 19.2 Å². The Balaban J connectivity index is 1.70. The van der Waals surface area contributed by atoms with E-state index < -0.39 is 0 Å². The Kier molecular flexibility index (Phi) is 5.03. The number of hydrogen-bond acceptors (Lipinski definition) is 4. The van der Waals surface area contributed by atoms with Crippen molar-refractivity contribution in [3.8, 4) is 5.75 Å². The molecule has 2 amide bonds. The van der Waals surface area contributed by atoms with Crippen molar-refractivity contribution in [2.24, 2.45) is 0 Å². The number of benzene rings is 1. The number of pyridine rings is 1. The minimum Gasteiger partial charge on any atom is -0.497 e. The average molecular weight is 379 g/mol. The summed E-state index contributed by atoms with van der Waals surface area (Å²) in [5.41, 5.74) is 1.58. The number of hydrogen-bond donors (Lipinski definition) is 0. The number of aromatic nitrogens is 1. The van der Waals surface area contributed by atoms with Crippen LogP contribution in [0, 0.1) is 0 Å². The van der Waals surface area contributed by atoms with E-state index in [9.17, 15) is 9.59 Å². The van der Waals surface area contributed by atoms with E-state index in [1.54, 1.807) is 26.3 Å². The molecule has 1 aromatic heterocycles. The third-order valence-electron chi connectivity index (χ3n) is 5.95. The molecular weight excluding hydrogens is 354 g/mol. The van der Waals surface area contributed by atoms with E-state index in [0.29, 0.717) is 12.2 Å². The second-order valence-corrected chi connectivity index (χ2v) is 7.46. The van der Waals surface area contributed by atoms with Crippen LogP contribution in [0.5, 0.6) is 5.75 Å². The number of ether oxygens (including phenoxy) is 1. The summed E-state index contributed by atoms with van der Waals surface area (Å²) in [6.45, 7) is 2.95. The molecule has 0 aliphatic carbocycles. The van der Waals surface area contributed by atoms with Crippen LogP contribution in [0.1, 0.15) is 41.7 Å². The molecule has 2 aliphatic heterocycles. The molecule has 2 aromatic rings. The quantitative estimate of drug-likeness (QED) is 0.823. The summed E-state index contributed by atoms with van der Waals surface area (Å²) < 4.78 is 5.28. The smallest absolute Gasteiger partial charge is 0.272 e. The highest BCUT2D eigenvalue weighted by molar-refractivity contribution is 5.93. The third kappa shape index (κ3) is 3.23. The van der Waals surface area contributed by atoms with Crippen LogP contribution in [0.3, 0.4) is 0 Å². The highest BCUT2D eigenvalue weighted by Gasteiger charge is 2.49. The molecule has 0 saturated carbocycles. The fourth-order valence-electron chi connectivity index (χ4n) is 4.67. The fourth-order valence-corrected chi connectivity index (χ4v) is 4.67. The highest BCUT2D eigenvalue weighted by Crippen LogP contribution is 2.41. The van der Waals surface area contributed by atoms with Gasteiger partial charge in [0.1, 0.15) is 11.4 Å². The molecule has 6 nitrogen and oxygen atoms in total. The molecule has 146 valence electrons. The molecule has 4 rings (SSSR count). The van der Waals surface area contributed by atoms with Crippen molar-refractivity contribution in [3.05, 3.63) is 59.9 Å². The number of rotatable bonds is 3. The van der Waals surface area contributed by atoms with E-state index >= 15 is 0 Å². The van der Waals surface area contributed by atoms with Gasteiger partial charge in [-0.15, -0.1) is 0 Å². The number of carbonyl (C=O) groups is 2. The van der Waals surface area contributed by atoms with E-state index in [1.807, 2.05) is 46.2 Å². The minimum atomic E-state index is -0.0583. The van der Waals surface area contributed by atoms with E-state index in [4.69, 9.17) is 4.74 Å². The first-order valence-electron chi connectivity index (χ1n) is 9.73. The van der Waals surface area contributed by atoms with Gasteiger partial charge in [-0.1, -0.05) is 18.2 Å². The molecule has 1 aromatic carbocycles.